The van der Waals surface area contributed by atoms with Crippen molar-refractivity contribution in [1.29, 1.82) is 0 Å². The lowest BCUT2D eigenvalue weighted by molar-refractivity contribution is 0.0892. The smallest absolute Gasteiger partial charge is 0.174 e. The number of Topliss-reactive ketones (excluding diaryl/α,β-unsaturated/α-hetero) is 2. The molecule has 0 radical (unpaired) electrons. The second-order valence-electron chi connectivity index (χ2n) is 5.31. The van der Waals surface area contributed by atoms with Gasteiger partial charge in [0.1, 0.15) is 5.75 Å². The van der Waals surface area contributed by atoms with E-state index in [1.165, 1.54) is 0 Å². The van der Waals surface area contributed by atoms with Crippen LogP contribution in [0.4, 0.5) is 0 Å². The summed E-state index contributed by atoms with van der Waals surface area (Å²) in [6.07, 6.45) is -0.234. The second-order valence-corrected chi connectivity index (χ2v) is 5.31. The van der Waals surface area contributed by atoms with Gasteiger partial charge in [-0.1, -0.05) is 30.3 Å². The van der Waals surface area contributed by atoms with Crippen LogP contribution in [0.1, 0.15) is 43.8 Å². The van der Waals surface area contributed by atoms with Gasteiger partial charge in [0, 0.05) is 5.56 Å². The molecule has 0 spiro atoms. The molecule has 0 atom stereocenters. The Labute approximate surface area is 124 Å². The lowest BCUT2D eigenvalue weighted by Gasteiger charge is -2.09. The summed E-state index contributed by atoms with van der Waals surface area (Å²) in [4.78, 5) is 24.5. The molecule has 0 aliphatic heterocycles. The number of hydrogen-bond donors (Lipinski definition) is 1. The number of ketones is 2. The highest BCUT2D eigenvalue weighted by Gasteiger charge is 2.19. The van der Waals surface area contributed by atoms with Crippen LogP contribution in [0, 0.1) is 20.8 Å². The summed E-state index contributed by atoms with van der Waals surface area (Å²) in [6.45, 7) is 5.45. The quantitative estimate of drug-likeness (QED) is 0.686. The SMILES string of the molecule is Cc1cc(C)c(C(=O)CC(=O)c2ccccc2C)c(O)c1. The first kappa shape index (κ1) is 15.0. The molecule has 2 rings (SSSR count). The van der Waals surface area contributed by atoms with Crippen molar-refractivity contribution in [2.75, 3.05) is 0 Å². The highest BCUT2D eigenvalue weighted by molar-refractivity contribution is 6.15. The zero-order valence-electron chi connectivity index (χ0n) is 12.4. The van der Waals surface area contributed by atoms with Gasteiger partial charge in [0.15, 0.2) is 11.6 Å². The first-order valence-electron chi connectivity index (χ1n) is 6.82. The van der Waals surface area contributed by atoms with Gasteiger partial charge < -0.3 is 5.11 Å². The molecule has 0 heterocycles. The number of aromatic hydroxyl groups is 1. The van der Waals surface area contributed by atoms with E-state index in [1.54, 1.807) is 25.1 Å². The van der Waals surface area contributed by atoms with Gasteiger partial charge in [0.2, 0.25) is 0 Å². The summed E-state index contributed by atoms with van der Waals surface area (Å²) in [7, 11) is 0. The number of benzene rings is 2. The van der Waals surface area contributed by atoms with Crippen LogP contribution in [0.15, 0.2) is 36.4 Å². The molecule has 108 valence electrons. The van der Waals surface area contributed by atoms with E-state index >= 15 is 0 Å². The summed E-state index contributed by atoms with van der Waals surface area (Å²) in [5.41, 5.74) is 3.21. The Kier molecular flexibility index (Phi) is 4.22. The van der Waals surface area contributed by atoms with Gasteiger partial charge in [-0.3, -0.25) is 9.59 Å². The van der Waals surface area contributed by atoms with Gasteiger partial charge in [-0.15, -0.1) is 0 Å². The van der Waals surface area contributed by atoms with E-state index in [0.29, 0.717) is 11.1 Å². The number of rotatable bonds is 4. The van der Waals surface area contributed by atoms with Crippen LogP contribution in [0.25, 0.3) is 0 Å². The molecule has 0 unspecified atom stereocenters. The van der Waals surface area contributed by atoms with Crippen molar-refractivity contribution in [3.8, 4) is 5.75 Å². The van der Waals surface area contributed by atoms with E-state index < -0.39 is 0 Å². The minimum atomic E-state index is -0.349. The molecule has 0 aliphatic rings. The maximum Gasteiger partial charge on any atom is 0.174 e. The van der Waals surface area contributed by atoms with Gasteiger partial charge in [0.05, 0.1) is 12.0 Å². The lowest BCUT2D eigenvalue weighted by atomic mass is 9.95. The normalized spacial score (nSPS) is 10.4. The topological polar surface area (TPSA) is 54.4 Å². The third-order valence-electron chi connectivity index (χ3n) is 3.50. The van der Waals surface area contributed by atoms with Crippen molar-refractivity contribution in [1.82, 2.24) is 0 Å². The van der Waals surface area contributed by atoms with Crippen molar-refractivity contribution >= 4 is 11.6 Å². The van der Waals surface area contributed by atoms with Crippen molar-refractivity contribution in [2.45, 2.75) is 27.2 Å². The van der Waals surface area contributed by atoms with Crippen molar-refractivity contribution < 1.29 is 14.7 Å². The number of carbonyl (C=O) groups excluding carboxylic acids is 2. The minimum Gasteiger partial charge on any atom is -0.507 e. The number of phenols is 1. The van der Waals surface area contributed by atoms with E-state index in [-0.39, 0.29) is 29.3 Å². The van der Waals surface area contributed by atoms with Crippen molar-refractivity contribution in [3.05, 3.63) is 64.2 Å². The zero-order valence-corrected chi connectivity index (χ0v) is 12.4. The van der Waals surface area contributed by atoms with Crippen LogP contribution < -0.4 is 0 Å². The molecular formula is C18H18O3. The molecule has 0 amide bonds. The number of carbonyl (C=O) groups is 2. The lowest BCUT2D eigenvalue weighted by Crippen LogP contribution is -2.11. The molecule has 3 heteroatoms. The van der Waals surface area contributed by atoms with Crippen LogP contribution in [0.5, 0.6) is 5.75 Å². The second kappa shape index (κ2) is 5.92. The Bertz CT molecular complexity index is 691. The van der Waals surface area contributed by atoms with E-state index in [9.17, 15) is 14.7 Å². The number of hydrogen-bond acceptors (Lipinski definition) is 3. The van der Waals surface area contributed by atoms with Crippen LogP contribution in [0.2, 0.25) is 0 Å². The molecule has 0 fully saturated rings. The highest BCUT2D eigenvalue weighted by atomic mass is 16.3. The first-order chi connectivity index (χ1) is 9.90. The standard InChI is InChI=1S/C18H18O3/c1-11-8-13(3)18(16(20)9-11)17(21)10-15(19)14-7-5-4-6-12(14)2/h4-9,20H,10H2,1-3H3. The third kappa shape index (κ3) is 3.19. The summed E-state index contributed by atoms with van der Waals surface area (Å²) in [6, 6.07) is 10.5. The summed E-state index contributed by atoms with van der Waals surface area (Å²) >= 11 is 0. The minimum absolute atomic E-state index is 0.0601. The Balaban J connectivity index is 2.27. The van der Waals surface area contributed by atoms with E-state index in [4.69, 9.17) is 0 Å². The van der Waals surface area contributed by atoms with E-state index in [2.05, 4.69) is 0 Å². The van der Waals surface area contributed by atoms with Crippen LogP contribution in [-0.4, -0.2) is 16.7 Å². The van der Waals surface area contributed by atoms with Crippen LogP contribution in [-0.2, 0) is 0 Å². The fourth-order valence-corrected chi connectivity index (χ4v) is 2.52. The molecule has 0 bridgehead atoms. The Morgan fingerprint density at radius 1 is 0.952 bits per heavy atom. The Morgan fingerprint density at radius 3 is 2.24 bits per heavy atom. The molecular weight excluding hydrogens is 264 g/mol. The molecule has 0 saturated heterocycles. The molecule has 2 aromatic carbocycles. The Hall–Kier alpha value is -2.42. The van der Waals surface area contributed by atoms with Crippen molar-refractivity contribution in [2.24, 2.45) is 0 Å². The van der Waals surface area contributed by atoms with Crippen LogP contribution in [0.3, 0.4) is 0 Å². The fraction of sp³-hybridized carbons (Fsp3) is 0.222. The highest BCUT2D eigenvalue weighted by Crippen LogP contribution is 2.25. The summed E-state index contributed by atoms with van der Waals surface area (Å²) in [5.74, 6) is -0.634. The molecule has 2 aromatic rings. The average molecular weight is 282 g/mol. The largest absolute Gasteiger partial charge is 0.507 e. The predicted octanol–water partition coefficient (Wildman–Crippen LogP) is 3.77. The third-order valence-corrected chi connectivity index (χ3v) is 3.50. The molecule has 3 nitrogen and oxygen atoms in total. The fourth-order valence-electron chi connectivity index (χ4n) is 2.52. The van der Waals surface area contributed by atoms with Gasteiger partial charge in [-0.05, 0) is 43.5 Å². The summed E-state index contributed by atoms with van der Waals surface area (Å²) in [5, 5.41) is 9.95. The maximum atomic E-state index is 12.3. The van der Waals surface area contributed by atoms with Gasteiger partial charge >= 0.3 is 0 Å². The summed E-state index contributed by atoms with van der Waals surface area (Å²) < 4.78 is 0. The predicted molar refractivity (Wildman–Crippen MR) is 82.0 cm³/mol. The van der Waals surface area contributed by atoms with E-state index in [1.807, 2.05) is 32.0 Å². The zero-order chi connectivity index (χ0) is 15.6. The number of aryl methyl sites for hydroxylation is 3. The van der Waals surface area contributed by atoms with E-state index in [0.717, 1.165) is 11.1 Å². The molecule has 1 N–H and O–H groups in total. The first-order valence-corrected chi connectivity index (χ1v) is 6.82. The van der Waals surface area contributed by atoms with Gasteiger partial charge in [-0.2, -0.15) is 0 Å². The number of phenolic OH excluding ortho intramolecular Hbond substituents is 1. The molecule has 0 saturated carbocycles. The molecule has 21 heavy (non-hydrogen) atoms. The Morgan fingerprint density at radius 2 is 1.62 bits per heavy atom. The van der Waals surface area contributed by atoms with Crippen LogP contribution >= 0.6 is 0 Å². The maximum absolute atomic E-state index is 12.3. The monoisotopic (exact) mass is 282 g/mol. The van der Waals surface area contributed by atoms with Gasteiger partial charge in [0.25, 0.3) is 0 Å². The molecule has 0 aromatic heterocycles. The molecule has 0 aliphatic carbocycles. The van der Waals surface area contributed by atoms with Crippen molar-refractivity contribution in [3.63, 3.8) is 0 Å². The van der Waals surface area contributed by atoms with Gasteiger partial charge in [-0.25, -0.2) is 0 Å². The average Bonchev–Trinajstić information content (AvgIpc) is 2.37.